The Bertz CT molecular complexity index is 1670. The number of likely N-dealkylation sites (tertiary alicyclic amines) is 1. The van der Waals surface area contributed by atoms with Crippen molar-refractivity contribution in [2.45, 2.75) is 43.9 Å². The SMILES string of the molecule is CN(C)c1cc(-c2ccc(CN3CCCC3)cc2)c(O)c2c1CC1CC3C(N(C)C)C(=O)C(C(N)=O)=C(O)C3(O)C(=O)C1=C2O. The van der Waals surface area contributed by atoms with Crippen LogP contribution in [-0.2, 0) is 27.3 Å². The molecule has 1 amide bonds. The van der Waals surface area contributed by atoms with Gasteiger partial charge in [-0.15, -0.1) is 0 Å². The molecule has 11 heteroatoms. The number of likely N-dealkylation sites (N-methyl/N-ethyl adjacent to an activating group) is 1. The van der Waals surface area contributed by atoms with E-state index < -0.39 is 58.0 Å². The van der Waals surface area contributed by atoms with Gasteiger partial charge in [0.1, 0.15) is 22.8 Å². The third-order valence-corrected chi connectivity index (χ3v) is 10.0. The standard InChI is InChI=1S/C34H40N4O7/c1-36(2)23-15-20(18-9-7-17(8-10-18)16-38-11-5-6-12-38)28(39)25-21(23)13-19-14-22-27(37(3)4)30(41)26(33(35)44)32(43)34(22,45)31(42)24(19)29(25)40/h7-10,15,19,22,27,39-40,43,45H,5-6,11-14,16H2,1-4H3,(H2,35,44). The lowest BCUT2D eigenvalue weighted by molar-refractivity contribution is -0.153. The summed E-state index contributed by atoms with van der Waals surface area (Å²) in [6.07, 6.45) is 2.67. The van der Waals surface area contributed by atoms with Crippen molar-refractivity contribution in [3.8, 4) is 16.9 Å². The zero-order valence-electron chi connectivity index (χ0n) is 26.0. The van der Waals surface area contributed by atoms with E-state index in [9.17, 15) is 34.8 Å². The van der Waals surface area contributed by atoms with E-state index in [1.807, 2.05) is 49.3 Å². The molecule has 4 unspecified atom stereocenters. The zero-order valence-corrected chi connectivity index (χ0v) is 26.0. The van der Waals surface area contributed by atoms with Gasteiger partial charge in [-0.2, -0.15) is 0 Å². The lowest BCUT2D eigenvalue weighted by Crippen LogP contribution is -2.65. The molecule has 2 aromatic rings. The Hall–Kier alpha value is -4.19. The molecular formula is C34H40N4O7. The molecule has 1 saturated carbocycles. The molecule has 1 saturated heterocycles. The van der Waals surface area contributed by atoms with E-state index in [1.54, 1.807) is 14.1 Å². The fraction of sp³-hybridized carbons (Fsp3) is 0.441. The number of phenols is 1. The number of nitrogens with zero attached hydrogens (tertiary/aromatic N) is 3. The fourth-order valence-corrected chi connectivity index (χ4v) is 7.90. The fourth-order valence-electron chi connectivity index (χ4n) is 7.90. The van der Waals surface area contributed by atoms with Crippen LogP contribution in [0.4, 0.5) is 5.69 Å². The molecule has 0 aromatic heterocycles. The maximum Gasteiger partial charge on any atom is 0.255 e. The largest absolute Gasteiger partial charge is 0.508 e. The first kappa shape index (κ1) is 30.8. The molecule has 4 aliphatic rings. The number of rotatable bonds is 6. The number of amides is 1. The molecule has 0 radical (unpaired) electrons. The predicted octanol–water partition coefficient (Wildman–Crippen LogP) is 2.29. The van der Waals surface area contributed by atoms with E-state index in [2.05, 4.69) is 4.90 Å². The van der Waals surface area contributed by atoms with Crippen molar-refractivity contribution < 1.29 is 34.8 Å². The zero-order chi connectivity index (χ0) is 32.5. The Morgan fingerprint density at radius 3 is 2.27 bits per heavy atom. The summed E-state index contributed by atoms with van der Waals surface area (Å²) in [6.45, 7) is 3.00. The van der Waals surface area contributed by atoms with Crippen molar-refractivity contribution in [3.63, 3.8) is 0 Å². The van der Waals surface area contributed by atoms with E-state index in [4.69, 9.17) is 5.73 Å². The summed E-state index contributed by atoms with van der Waals surface area (Å²) < 4.78 is 0. The van der Waals surface area contributed by atoms with Crippen LogP contribution in [0.2, 0.25) is 0 Å². The van der Waals surface area contributed by atoms with Crippen molar-refractivity contribution in [3.05, 3.63) is 63.9 Å². The van der Waals surface area contributed by atoms with E-state index in [0.29, 0.717) is 11.1 Å². The number of anilines is 1. The first-order valence-electron chi connectivity index (χ1n) is 15.3. The average Bonchev–Trinajstić information content (AvgIpc) is 3.48. The highest BCUT2D eigenvalue weighted by molar-refractivity contribution is 6.24. The van der Waals surface area contributed by atoms with Crippen molar-refractivity contribution in [1.82, 2.24) is 9.80 Å². The second-order valence-electron chi connectivity index (χ2n) is 13.2. The Kier molecular flexibility index (Phi) is 7.54. The van der Waals surface area contributed by atoms with E-state index in [0.717, 1.165) is 36.4 Å². The van der Waals surface area contributed by atoms with Gasteiger partial charge < -0.3 is 31.1 Å². The van der Waals surface area contributed by atoms with Crippen molar-refractivity contribution in [1.29, 1.82) is 0 Å². The molecule has 11 nitrogen and oxygen atoms in total. The second-order valence-corrected chi connectivity index (χ2v) is 13.2. The van der Waals surface area contributed by atoms with Crippen LogP contribution in [-0.4, -0.2) is 101 Å². The van der Waals surface area contributed by atoms with Gasteiger partial charge in [-0.25, -0.2) is 0 Å². The number of hydrogen-bond donors (Lipinski definition) is 5. The highest BCUT2D eigenvalue weighted by Gasteiger charge is 2.64. The van der Waals surface area contributed by atoms with Crippen LogP contribution in [0.25, 0.3) is 16.9 Å². The van der Waals surface area contributed by atoms with Crippen molar-refractivity contribution in [2.24, 2.45) is 17.6 Å². The number of aliphatic hydroxyl groups excluding tert-OH is 2. The Morgan fingerprint density at radius 2 is 1.69 bits per heavy atom. The summed E-state index contributed by atoms with van der Waals surface area (Å²) in [7, 11) is 6.87. The van der Waals surface area contributed by atoms with Gasteiger partial charge in [-0.1, -0.05) is 24.3 Å². The number of benzene rings is 2. The first-order valence-corrected chi connectivity index (χ1v) is 15.3. The third kappa shape index (κ3) is 4.63. The highest BCUT2D eigenvalue weighted by Crippen LogP contribution is 2.55. The van der Waals surface area contributed by atoms with Crippen LogP contribution in [0.5, 0.6) is 5.75 Å². The molecule has 3 aliphatic carbocycles. The average molecular weight is 617 g/mol. The number of aromatic hydroxyl groups is 1. The minimum atomic E-state index is -2.67. The topological polar surface area (TPSA) is 168 Å². The lowest BCUT2D eigenvalue weighted by Gasteiger charge is -2.50. The van der Waals surface area contributed by atoms with Gasteiger partial charge in [0.2, 0.25) is 5.78 Å². The molecule has 45 heavy (non-hydrogen) atoms. The van der Waals surface area contributed by atoms with E-state index in [1.165, 1.54) is 17.7 Å². The maximum atomic E-state index is 14.2. The number of hydrogen-bond acceptors (Lipinski definition) is 10. The van der Waals surface area contributed by atoms with Crippen LogP contribution in [0.15, 0.2) is 47.2 Å². The summed E-state index contributed by atoms with van der Waals surface area (Å²) in [6, 6.07) is 8.63. The number of nitrogens with two attached hydrogens (primary N) is 1. The number of carbonyl (C=O) groups excluding carboxylic acids is 3. The van der Waals surface area contributed by atoms with Gasteiger partial charge in [0.25, 0.3) is 5.91 Å². The molecular weight excluding hydrogens is 576 g/mol. The number of phenolic OH excluding ortho intramolecular Hbond substituents is 1. The molecule has 2 fully saturated rings. The Balaban J connectivity index is 1.48. The second kappa shape index (κ2) is 11.0. The van der Waals surface area contributed by atoms with Crippen molar-refractivity contribution in [2.75, 3.05) is 46.2 Å². The van der Waals surface area contributed by atoms with Gasteiger partial charge >= 0.3 is 0 Å². The maximum absolute atomic E-state index is 14.2. The number of carbonyl (C=O) groups is 3. The number of ketones is 2. The van der Waals surface area contributed by atoms with Crippen molar-refractivity contribution >= 4 is 28.9 Å². The van der Waals surface area contributed by atoms with E-state index in [-0.39, 0.29) is 29.7 Å². The number of fused-ring (bicyclic) bond motifs is 3. The van der Waals surface area contributed by atoms with Crippen LogP contribution in [0, 0.1) is 11.8 Å². The smallest absolute Gasteiger partial charge is 0.255 e. The minimum Gasteiger partial charge on any atom is -0.508 e. The molecule has 4 atom stereocenters. The van der Waals surface area contributed by atoms with E-state index >= 15 is 0 Å². The molecule has 0 spiro atoms. The highest BCUT2D eigenvalue weighted by atomic mass is 16.3. The van der Waals surface area contributed by atoms with Crippen LogP contribution >= 0.6 is 0 Å². The third-order valence-electron chi connectivity index (χ3n) is 10.0. The molecule has 1 heterocycles. The summed E-state index contributed by atoms with van der Waals surface area (Å²) in [5.74, 6) is -6.63. The monoisotopic (exact) mass is 616 g/mol. The molecule has 238 valence electrons. The van der Waals surface area contributed by atoms with Gasteiger partial charge in [0.05, 0.1) is 11.6 Å². The Morgan fingerprint density at radius 1 is 1.04 bits per heavy atom. The number of primary amides is 1. The normalized spacial score (nSPS) is 26.7. The van der Waals surface area contributed by atoms with Gasteiger partial charge in [0, 0.05) is 43.4 Å². The number of Topliss-reactive ketones (excluding diaryl/α,β-unsaturated/α-hetero) is 2. The first-order chi connectivity index (χ1) is 21.3. The van der Waals surface area contributed by atoms with Crippen LogP contribution in [0.3, 0.4) is 0 Å². The number of aliphatic hydroxyl groups is 3. The minimum absolute atomic E-state index is 0.0413. The molecule has 0 bridgehead atoms. The molecule has 6 rings (SSSR count). The molecule has 6 N–H and O–H groups in total. The predicted molar refractivity (Wildman–Crippen MR) is 169 cm³/mol. The Labute approximate surface area is 261 Å². The van der Waals surface area contributed by atoms with Crippen LogP contribution in [0.1, 0.15) is 36.0 Å². The van der Waals surface area contributed by atoms with Gasteiger partial charge in [-0.3, -0.25) is 24.2 Å². The van der Waals surface area contributed by atoms with Gasteiger partial charge in [-0.05, 0) is 81.5 Å². The summed E-state index contributed by atoms with van der Waals surface area (Å²) in [5, 5.41) is 46.5. The van der Waals surface area contributed by atoms with Gasteiger partial charge in [0.15, 0.2) is 11.4 Å². The van der Waals surface area contributed by atoms with Crippen LogP contribution < -0.4 is 10.6 Å². The lowest BCUT2D eigenvalue weighted by atomic mass is 9.57. The summed E-state index contributed by atoms with van der Waals surface area (Å²) in [5.41, 5.74) is 5.53. The quantitative estimate of drug-likeness (QED) is 0.304. The molecule has 2 aromatic carbocycles. The summed E-state index contributed by atoms with van der Waals surface area (Å²) in [4.78, 5) is 45.6. The summed E-state index contributed by atoms with van der Waals surface area (Å²) >= 11 is 0. The molecule has 1 aliphatic heterocycles.